The zero-order valence-electron chi connectivity index (χ0n) is 13.2. The summed E-state index contributed by atoms with van der Waals surface area (Å²) in [5.74, 6) is 0.388. The molecule has 0 aromatic heterocycles. The summed E-state index contributed by atoms with van der Waals surface area (Å²) in [6.45, 7) is 8.35. The van der Waals surface area contributed by atoms with Crippen molar-refractivity contribution in [2.75, 3.05) is 19.6 Å². The van der Waals surface area contributed by atoms with Crippen LogP contribution in [0, 0.1) is 12.8 Å². The summed E-state index contributed by atoms with van der Waals surface area (Å²) in [5, 5.41) is 3.48. The van der Waals surface area contributed by atoms with Gasteiger partial charge in [0, 0.05) is 19.1 Å². The van der Waals surface area contributed by atoms with Crippen molar-refractivity contribution >= 4 is 10.0 Å². The van der Waals surface area contributed by atoms with Crippen LogP contribution in [0.4, 0.5) is 0 Å². The summed E-state index contributed by atoms with van der Waals surface area (Å²) in [5.41, 5.74) is 1.08. The molecule has 5 heteroatoms. The van der Waals surface area contributed by atoms with Gasteiger partial charge < -0.3 is 5.32 Å². The lowest BCUT2D eigenvalue weighted by Crippen LogP contribution is -2.50. The summed E-state index contributed by atoms with van der Waals surface area (Å²) in [4.78, 5) is 0.407. The van der Waals surface area contributed by atoms with Gasteiger partial charge in [-0.1, -0.05) is 38.0 Å². The molecule has 1 N–H and O–H groups in total. The molecule has 118 valence electrons. The molecule has 4 nitrogen and oxygen atoms in total. The van der Waals surface area contributed by atoms with E-state index in [0.717, 1.165) is 24.9 Å². The topological polar surface area (TPSA) is 49.4 Å². The minimum absolute atomic E-state index is 0.388. The zero-order chi connectivity index (χ0) is 15.5. The molecule has 1 fully saturated rings. The number of nitrogens with zero attached hydrogens (tertiary/aromatic N) is 1. The Morgan fingerprint density at radius 2 is 1.90 bits per heavy atom. The molecule has 1 aromatic carbocycles. The third-order valence-corrected chi connectivity index (χ3v) is 6.23. The van der Waals surface area contributed by atoms with Crippen molar-refractivity contribution in [3.63, 3.8) is 0 Å². The van der Waals surface area contributed by atoms with Crippen molar-refractivity contribution in [2.45, 2.75) is 44.6 Å². The molecule has 0 amide bonds. The van der Waals surface area contributed by atoms with Crippen molar-refractivity contribution < 1.29 is 8.42 Å². The van der Waals surface area contributed by atoms with E-state index in [0.29, 0.717) is 29.9 Å². The largest absolute Gasteiger partial charge is 0.314 e. The Labute approximate surface area is 128 Å². The van der Waals surface area contributed by atoms with Crippen LogP contribution >= 0.6 is 0 Å². The van der Waals surface area contributed by atoms with Gasteiger partial charge in [-0.3, -0.25) is 0 Å². The molecule has 0 saturated carbocycles. The van der Waals surface area contributed by atoms with Gasteiger partial charge in [-0.25, -0.2) is 8.42 Å². The van der Waals surface area contributed by atoms with Crippen LogP contribution in [0.25, 0.3) is 0 Å². The van der Waals surface area contributed by atoms with Gasteiger partial charge in [0.25, 0.3) is 0 Å². The van der Waals surface area contributed by atoms with Crippen LogP contribution in [0.3, 0.4) is 0 Å². The second-order valence-electron chi connectivity index (χ2n) is 5.80. The summed E-state index contributed by atoms with van der Waals surface area (Å²) >= 11 is 0. The van der Waals surface area contributed by atoms with Crippen LogP contribution in [-0.2, 0) is 10.0 Å². The quantitative estimate of drug-likeness (QED) is 0.908. The van der Waals surface area contributed by atoms with Crippen LogP contribution in [0.5, 0.6) is 0 Å². The molecule has 2 unspecified atom stereocenters. The van der Waals surface area contributed by atoms with Crippen molar-refractivity contribution in [3.8, 4) is 0 Å². The molecular formula is C16H26N2O2S. The Kier molecular flexibility index (Phi) is 5.41. The molecule has 1 aliphatic heterocycles. The molecular weight excluding hydrogens is 284 g/mol. The minimum atomic E-state index is -3.35. The van der Waals surface area contributed by atoms with Crippen molar-refractivity contribution in [1.29, 1.82) is 0 Å². The van der Waals surface area contributed by atoms with E-state index in [-0.39, 0.29) is 0 Å². The number of rotatable bonds is 5. The molecule has 0 bridgehead atoms. The Bertz CT molecular complexity index is 554. The van der Waals surface area contributed by atoms with Gasteiger partial charge in [-0.15, -0.1) is 0 Å². The fourth-order valence-corrected chi connectivity index (χ4v) is 4.53. The lowest BCUT2D eigenvalue weighted by atomic mass is 9.91. The van der Waals surface area contributed by atoms with Gasteiger partial charge >= 0.3 is 0 Å². The van der Waals surface area contributed by atoms with Gasteiger partial charge in [0.15, 0.2) is 0 Å². The second-order valence-corrected chi connectivity index (χ2v) is 7.74. The van der Waals surface area contributed by atoms with Gasteiger partial charge in [0.2, 0.25) is 10.0 Å². The smallest absolute Gasteiger partial charge is 0.243 e. The first-order chi connectivity index (χ1) is 9.98. The zero-order valence-corrected chi connectivity index (χ0v) is 14.0. The van der Waals surface area contributed by atoms with Crippen LogP contribution in [-0.4, -0.2) is 38.4 Å². The molecule has 2 rings (SSSR count). The number of sulfonamides is 1. The van der Waals surface area contributed by atoms with E-state index < -0.39 is 10.0 Å². The minimum Gasteiger partial charge on any atom is -0.314 e. The van der Waals surface area contributed by atoms with Crippen LogP contribution in [0.1, 0.15) is 32.3 Å². The molecule has 0 spiro atoms. The maximum Gasteiger partial charge on any atom is 0.243 e. The molecule has 1 aliphatic rings. The predicted molar refractivity (Wildman–Crippen MR) is 85.8 cm³/mol. The second kappa shape index (κ2) is 6.90. The molecule has 0 aliphatic carbocycles. The Morgan fingerprint density at radius 1 is 1.24 bits per heavy atom. The Balaban J connectivity index is 2.16. The lowest BCUT2D eigenvalue weighted by Gasteiger charge is -2.37. The molecule has 1 heterocycles. The highest BCUT2D eigenvalue weighted by molar-refractivity contribution is 7.89. The fraction of sp³-hybridized carbons (Fsp3) is 0.625. The van der Waals surface area contributed by atoms with E-state index >= 15 is 0 Å². The third kappa shape index (κ3) is 3.65. The average molecular weight is 310 g/mol. The highest BCUT2D eigenvalue weighted by Crippen LogP contribution is 2.26. The first kappa shape index (κ1) is 16.5. The number of hydrogen-bond donors (Lipinski definition) is 1. The summed E-state index contributed by atoms with van der Waals surface area (Å²) in [6.07, 6.45) is 1.88. The molecule has 1 saturated heterocycles. The molecule has 0 radical (unpaired) electrons. The number of benzene rings is 1. The molecule has 21 heavy (non-hydrogen) atoms. The normalized spacial score (nSPS) is 24.1. The monoisotopic (exact) mass is 310 g/mol. The first-order valence-corrected chi connectivity index (χ1v) is 9.23. The van der Waals surface area contributed by atoms with Crippen LogP contribution in [0.2, 0.25) is 0 Å². The highest BCUT2D eigenvalue weighted by atomic mass is 32.2. The predicted octanol–water partition coefficient (Wildman–Crippen LogP) is 2.39. The van der Waals surface area contributed by atoms with E-state index in [2.05, 4.69) is 19.2 Å². The fourth-order valence-electron chi connectivity index (χ4n) is 3.02. The molecule has 2 atom stereocenters. The van der Waals surface area contributed by atoms with Crippen molar-refractivity contribution in [2.24, 2.45) is 5.92 Å². The van der Waals surface area contributed by atoms with Gasteiger partial charge in [0.05, 0.1) is 4.90 Å². The van der Waals surface area contributed by atoms with Crippen molar-refractivity contribution in [1.82, 2.24) is 9.62 Å². The summed E-state index contributed by atoms with van der Waals surface area (Å²) in [7, 11) is -3.35. The average Bonchev–Trinajstić information content (AvgIpc) is 2.48. The van der Waals surface area contributed by atoms with Crippen LogP contribution in [0.15, 0.2) is 29.2 Å². The SMILES string of the molecule is CCNC1CCN(S(=O)(=O)c2ccc(C)cc2)CC1CC. The van der Waals surface area contributed by atoms with Gasteiger partial charge in [-0.05, 0) is 37.9 Å². The maximum atomic E-state index is 12.7. The van der Waals surface area contributed by atoms with E-state index in [9.17, 15) is 8.42 Å². The third-order valence-electron chi connectivity index (χ3n) is 4.35. The Morgan fingerprint density at radius 3 is 2.48 bits per heavy atom. The van der Waals surface area contributed by atoms with Gasteiger partial charge in [-0.2, -0.15) is 4.31 Å². The summed E-state index contributed by atoms with van der Waals surface area (Å²) in [6, 6.07) is 7.57. The number of nitrogens with one attached hydrogen (secondary N) is 1. The number of aryl methyl sites for hydroxylation is 1. The standard InChI is InChI=1S/C16H26N2O2S/c1-4-14-12-18(11-10-16(14)17-5-2)21(19,20)15-8-6-13(3)7-9-15/h6-9,14,16-17H,4-5,10-12H2,1-3H3. The highest BCUT2D eigenvalue weighted by Gasteiger charge is 2.34. The lowest BCUT2D eigenvalue weighted by molar-refractivity contribution is 0.204. The Hall–Kier alpha value is -0.910. The van der Waals surface area contributed by atoms with E-state index in [1.165, 1.54) is 0 Å². The van der Waals surface area contributed by atoms with Crippen LogP contribution < -0.4 is 5.32 Å². The first-order valence-electron chi connectivity index (χ1n) is 7.79. The van der Waals surface area contributed by atoms with E-state index in [1.54, 1.807) is 16.4 Å². The molecule has 1 aromatic rings. The number of piperidine rings is 1. The number of hydrogen-bond acceptors (Lipinski definition) is 3. The van der Waals surface area contributed by atoms with Gasteiger partial charge in [0.1, 0.15) is 0 Å². The van der Waals surface area contributed by atoms with E-state index in [4.69, 9.17) is 0 Å². The summed E-state index contributed by atoms with van der Waals surface area (Å²) < 4.78 is 27.1. The van der Waals surface area contributed by atoms with E-state index in [1.807, 2.05) is 19.1 Å². The van der Waals surface area contributed by atoms with Crippen molar-refractivity contribution in [3.05, 3.63) is 29.8 Å². The maximum absolute atomic E-state index is 12.7.